The van der Waals surface area contributed by atoms with Crippen LogP contribution in [0.2, 0.25) is 10.0 Å². The van der Waals surface area contributed by atoms with Crippen LogP contribution in [0.15, 0.2) is 78.9 Å². The van der Waals surface area contributed by atoms with E-state index in [4.69, 9.17) is 27.9 Å². The lowest BCUT2D eigenvalue weighted by atomic mass is 9.87. The molecule has 30 heavy (non-hydrogen) atoms. The van der Waals surface area contributed by atoms with Gasteiger partial charge in [0, 0.05) is 39.4 Å². The van der Waals surface area contributed by atoms with Gasteiger partial charge in [-0.15, -0.1) is 11.8 Å². The largest absolute Gasteiger partial charge is 0.449 e. The van der Waals surface area contributed by atoms with Crippen LogP contribution in [0.1, 0.15) is 28.4 Å². The standard InChI is InChI=1S/C24H20Cl2O3S/c1-17(27)29-24(19-7-11-21(25)12-8-19,20-9-13-22(26)14-10-20)16-30-15-23(28)18-5-3-2-4-6-18/h2-14H,15-16H2,1H3. The predicted molar refractivity (Wildman–Crippen MR) is 124 cm³/mol. The number of carbonyl (C=O) groups excluding carboxylic acids is 2. The first-order valence-corrected chi connectivity index (χ1v) is 11.2. The fourth-order valence-electron chi connectivity index (χ4n) is 3.16. The molecule has 0 heterocycles. The molecule has 0 atom stereocenters. The van der Waals surface area contributed by atoms with Crippen LogP contribution < -0.4 is 0 Å². The van der Waals surface area contributed by atoms with Crippen LogP contribution in [0.3, 0.4) is 0 Å². The van der Waals surface area contributed by atoms with Gasteiger partial charge in [-0.3, -0.25) is 9.59 Å². The van der Waals surface area contributed by atoms with Gasteiger partial charge in [0.05, 0.1) is 5.75 Å². The highest BCUT2D eigenvalue weighted by atomic mass is 35.5. The number of ether oxygens (including phenoxy) is 1. The summed E-state index contributed by atoms with van der Waals surface area (Å²) < 4.78 is 5.92. The molecule has 0 bridgehead atoms. The highest BCUT2D eigenvalue weighted by Gasteiger charge is 2.38. The van der Waals surface area contributed by atoms with E-state index in [1.54, 1.807) is 36.4 Å². The monoisotopic (exact) mass is 458 g/mol. The van der Waals surface area contributed by atoms with Crippen LogP contribution >= 0.6 is 35.0 Å². The van der Waals surface area contributed by atoms with E-state index in [1.807, 2.05) is 42.5 Å². The summed E-state index contributed by atoms with van der Waals surface area (Å²) in [7, 11) is 0. The molecule has 3 rings (SSSR count). The van der Waals surface area contributed by atoms with Crippen LogP contribution in [0.4, 0.5) is 0 Å². The molecule has 0 unspecified atom stereocenters. The van der Waals surface area contributed by atoms with Crippen molar-refractivity contribution < 1.29 is 14.3 Å². The molecule has 0 aliphatic rings. The lowest BCUT2D eigenvalue weighted by Crippen LogP contribution is -2.36. The fourth-order valence-corrected chi connectivity index (χ4v) is 4.54. The second-order valence-electron chi connectivity index (χ2n) is 6.72. The van der Waals surface area contributed by atoms with E-state index in [0.717, 1.165) is 11.1 Å². The van der Waals surface area contributed by atoms with Crippen molar-refractivity contribution in [1.29, 1.82) is 0 Å². The second kappa shape index (κ2) is 10.2. The Labute approximate surface area is 190 Å². The maximum atomic E-state index is 12.6. The van der Waals surface area contributed by atoms with Crippen molar-refractivity contribution in [2.75, 3.05) is 11.5 Å². The highest BCUT2D eigenvalue weighted by molar-refractivity contribution is 8.00. The SMILES string of the molecule is CC(=O)OC(CSCC(=O)c1ccccc1)(c1ccc(Cl)cc1)c1ccc(Cl)cc1. The van der Waals surface area contributed by atoms with Crippen LogP contribution in [-0.2, 0) is 15.1 Å². The summed E-state index contributed by atoms with van der Waals surface area (Å²) in [6.07, 6.45) is 0. The average molecular weight is 459 g/mol. The van der Waals surface area contributed by atoms with E-state index < -0.39 is 11.6 Å². The third-order valence-electron chi connectivity index (χ3n) is 4.57. The number of hydrogen-bond acceptors (Lipinski definition) is 4. The molecule has 3 nitrogen and oxygen atoms in total. The van der Waals surface area contributed by atoms with Crippen molar-refractivity contribution >= 4 is 46.7 Å². The van der Waals surface area contributed by atoms with Crippen molar-refractivity contribution in [1.82, 2.24) is 0 Å². The number of benzene rings is 3. The van der Waals surface area contributed by atoms with Gasteiger partial charge in [0.1, 0.15) is 0 Å². The zero-order valence-electron chi connectivity index (χ0n) is 16.3. The van der Waals surface area contributed by atoms with Gasteiger partial charge in [-0.25, -0.2) is 0 Å². The molecule has 0 aliphatic heterocycles. The van der Waals surface area contributed by atoms with Gasteiger partial charge in [-0.2, -0.15) is 0 Å². The zero-order valence-corrected chi connectivity index (χ0v) is 18.6. The van der Waals surface area contributed by atoms with Crippen molar-refractivity contribution in [3.8, 4) is 0 Å². The van der Waals surface area contributed by atoms with E-state index in [0.29, 0.717) is 21.4 Å². The number of thioether (sulfide) groups is 1. The maximum absolute atomic E-state index is 12.6. The summed E-state index contributed by atoms with van der Waals surface area (Å²) in [6, 6.07) is 23.5. The van der Waals surface area contributed by atoms with Crippen molar-refractivity contribution in [2.45, 2.75) is 12.5 Å². The molecule has 0 amide bonds. The maximum Gasteiger partial charge on any atom is 0.303 e. The molecular weight excluding hydrogens is 439 g/mol. The topological polar surface area (TPSA) is 43.4 Å². The number of carbonyl (C=O) groups is 2. The Morgan fingerprint density at radius 2 is 1.33 bits per heavy atom. The van der Waals surface area contributed by atoms with Crippen molar-refractivity contribution in [2.24, 2.45) is 0 Å². The third kappa shape index (κ3) is 5.45. The Balaban J connectivity index is 1.94. The minimum absolute atomic E-state index is 0.0181. The Bertz CT molecular complexity index is 957. The van der Waals surface area contributed by atoms with Gasteiger partial charge in [-0.1, -0.05) is 77.8 Å². The average Bonchev–Trinajstić information content (AvgIpc) is 2.74. The fraction of sp³-hybridized carbons (Fsp3) is 0.167. The highest BCUT2D eigenvalue weighted by Crippen LogP contribution is 2.38. The van der Waals surface area contributed by atoms with E-state index in [2.05, 4.69) is 0 Å². The molecule has 0 aromatic heterocycles. The van der Waals surface area contributed by atoms with E-state index in [9.17, 15) is 9.59 Å². The number of Topliss-reactive ketones (excluding diaryl/α,β-unsaturated/α-hetero) is 1. The summed E-state index contributed by atoms with van der Waals surface area (Å²) >= 11 is 13.6. The number of halogens is 2. The minimum atomic E-state index is -1.08. The Morgan fingerprint density at radius 1 is 0.833 bits per heavy atom. The first kappa shape index (κ1) is 22.4. The molecule has 0 radical (unpaired) electrons. The van der Waals surface area contributed by atoms with Crippen molar-refractivity contribution in [3.05, 3.63) is 106 Å². The summed E-state index contributed by atoms with van der Waals surface area (Å²) in [5, 5.41) is 1.16. The molecule has 3 aromatic carbocycles. The van der Waals surface area contributed by atoms with Crippen molar-refractivity contribution in [3.63, 3.8) is 0 Å². The molecule has 0 saturated carbocycles. The Hall–Kier alpha value is -2.27. The van der Waals surface area contributed by atoms with Crippen LogP contribution in [0.5, 0.6) is 0 Å². The van der Waals surface area contributed by atoms with E-state index in [1.165, 1.54) is 18.7 Å². The van der Waals surface area contributed by atoms with E-state index >= 15 is 0 Å². The Kier molecular flexibility index (Phi) is 7.59. The molecule has 154 valence electrons. The first-order valence-electron chi connectivity index (χ1n) is 9.28. The summed E-state index contributed by atoms with van der Waals surface area (Å²) in [4.78, 5) is 24.7. The minimum Gasteiger partial charge on any atom is -0.449 e. The molecule has 0 saturated heterocycles. The van der Waals surface area contributed by atoms with Gasteiger partial charge < -0.3 is 4.74 Å². The molecule has 6 heteroatoms. The van der Waals surface area contributed by atoms with Gasteiger partial charge in [0.25, 0.3) is 0 Å². The van der Waals surface area contributed by atoms with Gasteiger partial charge in [0.15, 0.2) is 11.4 Å². The van der Waals surface area contributed by atoms with Crippen LogP contribution in [0, 0.1) is 0 Å². The lowest BCUT2D eigenvalue weighted by molar-refractivity contribution is -0.152. The molecular formula is C24H20Cl2O3S. The number of esters is 1. The lowest BCUT2D eigenvalue weighted by Gasteiger charge is -2.34. The molecule has 0 spiro atoms. The number of rotatable bonds is 8. The molecule has 0 N–H and O–H groups in total. The van der Waals surface area contributed by atoms with Gasteiger partial charge in [-0.05, 0) is 24.3 Å². The molecule has 0 fully saturated rings. The smallest absolute Gasteiger partial charge is 0.303 e. The quantitative estimate of drug-likeness (QED) is 0.288. The van der Waals surface area contributed by atoms with Crippen LogP contribution in [-0.4, -0.2) is 23.3 Å². The second-order valence-corrected chi connectivity index (χ2v) is 8.57. The summed E-state index contributed by atoms with van der Waals surface area (Å²) in [5.74, 6) is 0.210. The predicted octanol–water partition coefficient (Wildman–Crippen LogP) is 6.42. The first-order chi connectivity index (χ1) is 14.4. The summed E-state index contributed by atoms with van der Waals surface area (Å²) in [5.41, 5.74) is 1.11. The summed E-state index contributed by atoms with van der Waals surface area (Å²) in [6.45, 7) is 1.38. The normalized spacial score (nSPS) is 11.2. The molecule has 3 aromatic rings. The zero-order chi connectivity index (χ0) is 21.6. The van der Waals surface area contributed by atoms with Crippen LogP contribution in [0.25, 0.3) is 0 Å². The molecule has 0 aliphatic carbocycles. The van der Waals surface area contributed by atoms with Gasteiger partial charge >= 0.3 is 5.97 Å². The van der Waals surface area contributed by atoms with E-state index in [-0.39, 0.29) is 11.5 Å². The number of hydrogen-bond donors (Lipinski definition) is 0. The Morgan fingerprint density at radius 3 is 1.80 bits per heavy atom. The third-order valence-corrected chi connectivity index (χ3v) is 6.15. The number of ketones is 1. The van der Waals surface area contributed by atoms with Gasteiger partial charge in [0.2, 0.25) is 0 Å².